The maximum Gasteiger partial charge on any atom is 0.247 e. The van der Waals surface area contributed by atoms with Crippen molar-refractivity contribution in [2.24, 2.45) is 5.41 Å². The minimum absolute atomic E-state index is 0.0282. The van der Waals surface area contributed by atoms with Crippen LogP contribution in [0.3, 0.4) is 0 Å². The Morgan fingerprint density at radius 3 is 2.88 bits per heavy atom. The van der Waals surface area contributed by atoms with Gasteiger partial charge in [-0.25, -0.2) is 8.42 Å². The first-order valence-corrected chi connectivity index (χ1v) is 10.1. The monoisotopic (exact) mass is 365 g/mol. The largest absolute Gasteiger partial charge is 0.458 e. The van der Waals surface area contributed by atoms with Crippen LogP contribution in [-0.2, 0) is 10.0 Å². The van der Waals surface area contributed by atoms with E-state index in [9.17, 15) is 13.5 Å². The summed E-state index contributed by atoms with van der Waals surface area (Å²) in [6, 6.07) is 3.14. The lowest BCUT2D eigenvalue weighted by molar-refractivity contribution is 0.0849. The van der Waals surface area contributed by atoms with Crippen LogP contribution in [0, 0.1) is 12.3 Å². The zero-order valence-corrected chi connectivity index (χ0v) is 15.2. The molecule has 3 atom stereocenters. The fourth-order valence-electron chi connectivity index (χ4n) is 4.62. The Morgan fingerprint density at radius 2 is 2.28 bits per heavy atom. The Bertz CT molecular complexity index is 868. The van der Waals surface area contributed by atoms with Gasteiger partial charge in [0.15, 0.2) is 5.76 Å². The van der Waals surface area contributed by atoms with Gasteiger partial charge in [-0.15, -0.1) is 0 Å². The smallest absolute Gasteiger partial charge is 0.247 e. The molecule has 0 aromatic carbocycles. The van der Waals surface area contributed by atoms with Gasteiger partial charge in [0.1, 0.15) is 16.3 Å². The van der Waals surface area contributed by atoms with Crippen LogP contribution in [0.25, 0.3) is 11.5 Å². The van der Waals surface area contributed by atoms with Gasteiger partial charge in [-0.2, -0.15) is 9.40 Å². The standard InChI is InChI=1S/C17H23N3O4S/c1-3-17(10-21)9-12-4-5-16(17)20(12)25(22,23)15-8-14(24-11(15)2)13-6-7-18-19-13/h6-8,12,16,21H,3-5,9-10H2,1-2H3,(H,18,19)/t12-,16+,17-/m0/s1. The summed E-state index contributed by atoms with van der Waals surface area (Å²) >= 11 is 0. The first kappa shape index (κ1) is 16.8. The van der Waals surface area contributed by atoms with Crippen LogP contribution in [0.5, 0.6) is 0 Å². The molecule has 0 amide bonds. The number of aliphatic hydroxyl groups excluding tert-OH is 1. The van der Waals surface area contributed by atoms with Gasteiger partial charge < -0.3 is 9.52 Å². The Kier molecular flexibility index (Phi) is 3.82. The molecule has 2 fully saturated rings. The maximum absolute atomic E-state index is 13.4. The highest BCUT2D eigenvalue weighted by atomic mass is 32.2. The predicted molar refractivity (Wildman–Crippen MR) is 91.3 cm³/mol. The van der Waals surface area contributed by atoms with Gasteiger partial charge in [-0.1, -0.05) is 6.92 Å². The molecule has 0 unspecified atom stereocenters. The molecular weight excluding hydrogens is 342 g/mol. The number of fused-ring (bicyclic) bond motifs is 2. The summed E-state index contributed by atoms with van der Waals surface area (Å²) in [4.78, 5) is 0.207. The number of hydrogen-bond acceptors (Lipinski definition) is 5. The van der Waals surface area contributed by atoms with Crippen LogP contribution in [0.2, 0.25) is 0 Å². The van der Waals surface area contributed by atoms with Gasteiger partial charge >= 0.3 is 0 Å². The maximum atomic E-state index is 13.4. The lowest BCUT2D eigenvalue weighted by Gasteiger charge is -2.34. The van der Waals surface area contributed by atoms with E-state index in [1.807, 2.05) is 6.92 Å². The van der Waals surface area contributed by atoms with E-state index in [2.05, 4.69) is 10.2 Å². The van der Waals surface area contributed by atoms with Crippen molar-refractivity contribution in [2.45, 2.75) is 56.5 Å². The molecule has 2 aliphatic heterocycles. The summed E-state index contributed by atoms with van der Waals surface area (Å²) in [6.07, 6.45) is 4.77. The van der Waals surface area contributed by atoms with Crippen molar-refractivity contribution in [1.82, 2.24) is 14.5 Å². The minimum atomic E-state index is -3.67. The van der Waals surface area contributed by atoms with Crippen molar-refractivity contribution in [3.63, 3.8) is 0 Å². The number of nitrogens with one attached hydrogen (secondary N) is 1. The number of aliphatic hydroxyl groups is 1. The van der Waals surface area contributed by atoms with Crippen LogP contribution < -0.4 is 0 Å². The van der Waals surface area contributed by atoms with Gasteiger partial charge in [-0.3, -0.25) is 5.10 Å². The van der Waals surface area contributed by atoms with Crippen molar-refractivity contribution in [3.05, 3.63) is 24.1 Å². The summed E-state index contributed by atoms with van der Waals surface area (Å²) < 4.78 is 34.1. The number of aromatic nitrogens is 2. The Hall–Kier alpha value is -1.64. The van der Waals surface area contributed by atoms with Crippen LogP contribution in [-0.4, -0.2) is 46.7 Å². The number of aryl methyl sites for hydroxylation is 1. The molecular formula is C17H23N3O4S. The molecule has 0 radical (unpaired) electrons. The second-order valence-electron chi connectivity index (χ2n) is 7.16. The number of furan rings is 1. The third-order valence-corrected chi connectivity index (χ3v) is 8.07. The lowest BCUT2D eigenvalue weighted by atomic mass is 9.72. The van der Waals surface area contributed by atoms with E-state index in [1.165, 1.54) is 0 Å². The van der Waals surface area contributed by atoms with Crippen LogP contribution in [0.15, 0.2) is 27.6 Å². The fraction of sp³-hybridized carbons (Fsp3) is 0.588. The first-order valence-electron chi connectivity index (χ1n) is 8.67. The van der Waals surface area contributed by atoms with E-state index >= 15 is 0 Å². The highest BCUT2D eigenvalue weighted by molar-refractivity contribution is 7.89. The van der Waals surface area contributed by atoms with E-state index < -0.39 is 10.0 Å². The number of nitrogens with zero attached hydrogens (tertiary/aromatic N) is 2. The minimum Gasteiger partial charge on any atom is -0.458 e. The van der Waals surface area contributed by atoms with E-state index in [0.717, 1.165) is 25.7 Å². The summed E-state index contributed by atoms with van der Waals surface area (Å²) in [5.74, 6) is 0.839. The topological polar surface area (TPSA) is 99.4 Å². The van der Waals surface area contributed by atoms with Crippen LogP contribution in [0.1, 0.15) is 38.4 Å². The van der Waals surface area contributed by atoms with Gasteiger partial charge in [0.25, 0.3) is 0 Å². The molecule has 0 aliphatic carbocycles. The Balaban J connectivity index is 1.74. The van der Waals surface area contributed by atoms with E-state index in [1.54, 1.807) is 29.6 Å². The summed E-state index contributed by atoms with van der Waals surface area (Å²) in [6.45, 7) is 3.73. The molecule has 2 aromatic rings. The number of aromatic amines is 1. The molecule has 2 N–H and O–H groups in total. The predicted octanol–water partition coefficient (Wildman–Crippen LogP) is 2.29. The molecule has 4 rings (SSSR count). The molecule has 136 valence electrons. The first-order chi connectivity index (χ1) is 11.9. The number of rotatable bonds is 5. The fourth-order valence-corrected chi connectivity index (χ4v) is 6.74. The molecule has 0 saturated carbocycles. The van der Waals surface area contributed by atoms with Gasteiger partial charge in [-0.05, 0) is 38.7 Å². The lowest BCUT2D eigenvalue weighted by Crippen LogP contribution is -2.42. The second-order valence-corrected chi connectivity index (χ2v) is 8.97. The van der Waals surface area contributed by atoms with Crippen molar-refractivity contribution >= 4 is 10.0 Å². The van der Waals surface area contributed by atoms with Crippen LogP contribution >= 0.6 is 0 Å². The number of sulfonamides is 1. The number of hydrogen-bond donors (Lipinski definition) is 2. The van der Waals surface area contributed by atoms with E-state index in [4.69, 9.17) is 4.42 Å². The highest BCUT2D eigenvalue weighted by Gasteiger charge is 2.59. The van der Waals surface area contributed by atoms with E-state index in [-0.39, 0.29) is 29.0 Å². The molecule has 8 heteroatoms. The molecule has 0 spiro atoms. The summed E-state index contributed by atoms with van der Waals surface area (Å²) in [5, 5.41) is 16.6. The van der Waals surface area contributed by atoms with Crippen molar-refractivity contribution in [2.75, 3.05) is 6.61 Å². The molecule has 7 nitrogen and oxygen atoms in total. The Morgan fingerprint density at radius 1 is 1.48 bits per heavy atom. The third kappa shape index (κ3) is 2.31. The second kappa shape index (κ2) is 5.69. The zero-order chi connectivity index (χ0) is 17.8. The third-order valence-electron chi connectivity index (χ3n) is 6.00. The van der Waals surface area contributed by atoms with Crippen LogP contribution in [0.4, 0.5) is 0 Å². The van der Waals surface area contributed by atoms with Crippen molar-refractivity contribution in [3.8, 4) is 11.5 Å². The van der Waals surface area contributed by atoms with Gasteiger partial charge in [0.2, 0.25) is 10.0 Å². The Labute approximate surface area is 147 Å². The zero-order valence-electron chi connectivity index (χ0n) is 14.4. The highest BCUT2D eigenvalue weighted by Crippen LogP contribution is 2.53. The molecule has 4 heterocycles. The molecule has 2 aliphatic rings. The summed E-state index contributed by atoms with van der Waals surface area (Å²) in [7, 11) is -3.67. The quantitative estimate of drug-likeness (QED) is 0.847. The van der Waals surface area contributed by atoms with Gasteiger partial charge in [0, 0.05) is 29.8 Å². The SMILES string of the molecule is CC[C@@]1(CO)C[C@@H]2CC[C@H]1N2S(=O)(=O)c1cc(-c2ccn[nH]2)oc1C. The summed E-state index contributed by atoms with van der Waals surface area (Å²) in [5.41, 5.74) is 0.326. The average Bonchev–Trinajstić information content (AvgIpc) is 3.36. The number of H-pyrrole nitrogens is 1. The molecule has 25 heavy (non-hydrogen) atoms. The van der Waals surface area contributed by atoms with Gasteiger partial charge in [0.05, 0.1) is 6.61 Å². The molecule has 2 bridgehead atoms. The molecule has 2 aromatic heterocycles. The van der Waals surface area contributed by atoms with E-state index in [0.29, 0.717) is 17.2 Å². The molecule has 2 saturated heterocycles. The van der Waals surface area contributed by atoms with Crippen molar-refractivity contribution < 1.29 is 17.9 Å². The normalized spacial score (nSPS) is 29.6. The van der Waals surface area contributed by atoms with Crippen molar-refractivity contribution in [1.29, 1.82) is 0 Å². The average molecular weight is 365 g/mol.